The van der Waals surface area contributed by atoms with Crippen LogP contribution in [0.3, 0.4) is 0 Å². The molecule has 9 heteroatoms. The number of carbonyl (C=O) groups is 1. The van der Waals surface area contributed by atoms with Crippen molar-refractivity contribution in [2.45, 2.75) is 35.9 Å². The van der Waals surface area contributed by atoms with Crippen molar-refractivity contribution in [3.8, 4) is 0 Å². The van der Waals surface area contributed by atoms with Crippen LogP contribution >= 0.6 is 0 Å². The SMILES string of the molecule is O=C(O)C1(O)CC2CC2([N+](=O)[O-])C2CC21[N+](=O)[O-]. The number of hydrogen-bond donors (Lipinski definition) is 2. The third kappa shape index (κ3) is 0.847. The molecule has 3 rings (SSSR count). The van der Waals surface area contributed by atoms with E-state index < -0.39 is 50.8 Å². The molecule has 3 saturated carbocycles. The molecule has 0 radical (unpaired) electrons. The zero-order chi connectivity index (χ0) is 13.5. The topological polar surface area (TPSA) is 144 Å². The number of nitrogens with zero attached hydrogens (tertiary/aromatic N) is 2. The largest absolute Gasteiger partial charge is 0.479 e. The summed E-state index contributed by atoms with van der Waals surface area (Å²) in [6, 6.07) is 0. The van der Waals surface area contributed by atoms with E-state index in [2.05, 4.69) is 0 Å². The predicted molar refractivity (Wildman–Crippen MR) is 52.9 cm³/mol. The Morgan fingerprint density at radius 1 is 1.17 bits per heavy atom. The van der Waals surface area contributed by atoms with Gasteiger partial charge in [-0.2, -0.15) is 0 Å². The van der Waals surface area contributed by atoms with Gasteiger partial charge in [0.05, 0.1) is 0 Å². The molecule has 3 aliphatic rings. The van der Waals surface area contributed by atoms with Crippen molar-refractivity contribution in [3.05, 3.63) is 20.2 Å². The molecular formula is C9H10N2O7. The molecule has 2 N–H and O–H groups in total. The first-order valence-electron chi connectivity index (χ1n) is 5.48. The molecule has 0 saturated heterocycles. The van der Waals surface area contributed by atoms with Crippen LogP contribution in [0.2, 0.25) is 0 Å². The Kier molecular flexibility index (Phi) is 1.66. The smallest absolute Gasteiger partial charge is 0.343 e. The fourth-order valence-corrected chi connectivity index (χ4v) is 3.82. The standard InChI is InChI=1S/C9H10N2O7/c12-6(13)9(14)2-4-1-7(4,10(15)16)5-3-8(5,9)11(17)18/h4-5,14H,1-3H2,(H,12,13). The molecule has 3 fully saturated rings. The average Bonchev–Trinajstić information content (AvgIpc) is 3.08. The van der Waals surface area contributed by atoms with Crippen molar-refractivity contribution in [3.63, 3.8) is 0 Å². The average molecular weight is 258 g/mol. The number of aliphatic carboxylic acids is 1. The zero-order valence-electron chi connectivity index (χ0n) is 9.11. The van der Waals surface area contributed by atoms with Crippen molar-refractivity contribution >= 4 is 5.97 Å². The van der Waals surface area contributed by atoms with Crippen LogP contribution in [0.4, 0.5) is 0 Å². The van der Waals surface area contributed by atoms with E-state index in [4.69, 9.17) is 5.11 Å². The lowest BCUT2D eigenvalue weighted by Gasteiger charge is -2.31. The van der Waals surface area contributed by atoms with Gasteiger partial charge in [0, 0.05) is 35.0 Å². The molecule has 0 aromatic carbocycles. The normalized spacial score (nSPS) is 51.8. The fourth-order valence-electron chi connectivity index (χ4n) is 3.82. The third-order valence-corrected chi connectivity index (χ3v) is 4.93. The van der Waals surface area contributed by atoms with E-state index in [1.54, 1.807) is 0 Å². The first-order valence-corrected chi connectivity index (χ1v) is 5.48. The number of fused-ring (bicyclic) bond motifs is 3. The van der Waals surface area contributed by atoms with Crippen LogP contribution in [0.5, 0.6) is 0 Å². The molecule has 98 valence electrons. The molecule has 0 aliphatic heterocycles. The van der Waals surface area contributed by atoms with E-state index in [9.17, 15) is 30.1 Å². The van der Waals surface area contributed by atoms with Gasteiger partial charge in [-0.1, -0.05) is 0 Å². The van der Waals surface area contributed by atoms with Crippen molar-refractivity contribution in [1.29, 1.82) is 0 Å². The van der Waals surface area contributed by atoms with Gasteiger partial charge in [0.15, 0.2) is 0 Å². The fraction of sp³-hybridized carbons (Fsp3) is 0.889. The van der Waals surface area contributed by atoms with Gasteiger partial charge < -0.3 is 10.2 Å². The molecule has 0 aromatic rings. The maximum atomic E-state index is 11.1. The Balaban J connectivity index is 2.09. The lowest BCUT2D eigenvalue weighted by atomic mass is 9.78. The van der Waals surface area contributed by atoms with Crippen LogP contribution in [0.1, 0.15) is 19.3 Å². The van der Waals surface area contributed by atoms with E-state index in [-0.39, 0.29) is 12.8 Å². The van der Waals surface area contributed by atoms with Crippen molar-refractivity contribution in [1.82, 2.24) is 0 Å². The van der Waals surface area contributed by atoms with E-state index in [1.807, 2.05) is 0 Å². The van der Waals surface area contributed by atoms with Gasteiger partial charge in [-0.3, -0.25) is 20.2 Å². The van der Waals surface area contributed by atoms with E-state index in [1.165, 1.54) is 0 Å². The van der Waals surface area contributed by atoms with E-state index in [0.717, 1.165) is 0 Å². The van der Waals surface area contributed by atoms with Gasteiger partial charge in [0.1, 0.15) is 5.92 Å². The number of carboxylic acid groups (broad SMARTS) is 1. The molecule has 9 nitrogen and oxygen atoms in total. The molecule has 5 unspecified atom stereocenters. The summed E-state index contributed by atoms with van der Waals surface area (Å²) >= 11 is 0. The van der Waals surface area contributed by atoms with E-state index >= 15 is 0 Å². The number of rotatable bonds is 3. The molecular weight excluding hydrogens is 248 g/mol. The Morgan fingerprint density at radius 2 is 1.78 bits per heavy atom. The summed E-state index contributed by atoms with van der Waals surface area (Å²) < 4.78 is 0. The second-order valence-corrected chi connectivity index (χ2v) is 5.46. The molecule has 0 bridgehead atoms. The van der Waals surface area contributed by atoms with Gasteiger partial charge in [-0.25, -0.2) is 4.79 Å². The van der Waals surface area contributed by atoms with Crippen molar-refractivity contribution < 1.29 is 24.9 Å². The van der Waals surface area contributed by atoms with Gasteiger partial charge in [-0.15, -0.1) is 0 Å². The third-order valence-electron chi connectivity index (χ3n) is 4.93. The lowest BCUT2D eigenvalue weighted by Crippen LogP contribution is -2.61. The number of aliphatic hydroxyl groups is 1. The predicted octanol–water partition coefficient (Wildman–Crippen LogP) is -0.723. The highest BCUT2D eigenvalue weighted by atomic mass is 16.6. The van der Waals surface area contributed by atoms with E-state index in [0.29, 0.717) is 0 Å². The minimum absolute atomic E-state index is 0.121. The Bertz CT molecular complexity index is 507. The molecule has 0 spiro atoms. The summed E-state index contributed by atoms with van der Waals surface area (Å²) in [4.78, 5) is 31.9. The minimum Gasteiger partial charge on any atom is -0.479 e. The van der Waals surface area contributed by atoms with Gasteiger partial charge in [0.25, 0.3) is 5.54 Å². The quantitative estimate of drug-likeness (QED) is 0.501. The zero-order valence-corrected chi connectivity index (χ0v) is 9.11. The van der Waals surface area contributed by atoms with Crippen LogP contribution in [0, 0.1) is 32.1 Å². The first kappa shape index (κ1) is 11.3. The van der Waals surface area contributed by atoms with Gasteiger partial charge in [-0.05, 0) is 0 Å². The molecule has 5 atom stereocenters. The molecule has 18 heavy (non-hydrogen) atoms. The molecule has 0 amide bonds. The number of nitro groups is 2. The summed E-state index contributed by atoms with van der Waals surface area (Å²) in [6.45, 7) is 0. The monoisotopic (exact) mass is 258 g/mol. The van der Waals surface area contributed by atoms with Crippen molar-refractivity contribution in [2.24, 2.45) is 11.8 Å². The summed E-state index contributed by atoms with van der Waals surface area (Å²) in [5.74, 6) is -3.21. The second kappa shape index (κ2) is 2.63. The first-order chi connectivity index (χ1) is 8.23. The lowest BCUT2D eigenvalue weighted by molar-refractivity contribution is -0.596. The summed E-state index contributed by atoms with van der Waals surface area (Å²) in [5, 5.41) is 41.3. The Morgan fingerprint density at radius 3 is 2.22 bits per heavy atom. The van der Waals surface area contributed by atoms with Crippen LogP contribution in [-0.4, -0.2) is 42.7 Å². The molecule has 3 aliphatic carbocycles. The van der Waals surface area contributed by atoms with Crippen LogP contribution in [-0.2, 0) is 4.79 Å². The van der Waals surface area contributed by atoms with Crippen LogP contribution in [0.25, 0.3) is 0 Å². The maximum absolute atomic E-state index is 11.1. The van der Waals surface area contributed by atoms with Gasteiger partial charge in [0.2, 0.25) is 11.1 Å². The summed E-state index contributed by atoms with van der Waals surface area (Å²) in [6.07, 6.45) is -0.531. The Hall–Kier alpha value is -1.77. The Labute approximate surface area is 99.7 Å². The highest BCUT2D eigenvalue weighted by Crippen LogP contribution is 2.75. The summed E-state index contributed by atoms with van der Waals surface area (Å²) in [7, 11) is 0. The van der Waals surface area contributed by atoms with Crippen LogP contribution in [0.15, 0.2) is 0 Å². The van der Waals surface area contributed by atoms with Crippen LogP contribution < -0.4 is 0 Å². The molecule has 0 aromatic heterocycles. The molecule has 0 heterocycles. The van der Waals surface area contributed by atoms with Crippen molar-refractivity contribution in [2.75, 3.05) is 0 Å². The summed E-state index contributed by atoms with van der Waals surface area (Å²) in [5.41, 5.74) is -5.95. The highest BCUT2D eigenvalue weighted by molar-refractivity contribution is 5.81. The maximum Gasteiger partial charge on any atom is 0.343 e. The second-order valence-electron chi connectivity index (χ2n) is 5.46. The van der Waals surface area contributed by atoms with Gasteiger partial charge >= 0.3 is 5.97 Å². The number of carboxylic acids is 1. The minimum atomic E-state index is -2.48. The number of hydrogen-bond acceptors (Lipinski definition) is 6. The highest BCUT2D eigenvalue weighted by Gasteiger charge is 2.97.